The van der Waals surface area contributed by atoms with Crippen molar-refractivity contribution in [2.75, 3.05) is 13.6 Å². The van der Waals surface area contributed by atoms with Gasteiger partial charge in [-0.05, 0) is 32.5 Å². The van der Waals surface area contributed by atoms with Gasteiger partial charge in [-0.1, -0.05) is 0 Å². The standard InChI is InChI=1S/C14H17NO2/c1-9-7-13-12(5-6-15(9)2)11-4-3-10(16)8-14(11)17-13/h3-4,8-9,16H,5-7H2,1-2H3. The molecule has 1 aliphatic rings. The smallest absolute Gasteiger partial charge is 0.138 e. The van der Waals surface area contributed by atoms with Gasteiger partial charge in [0.15, 0.2) is 0 Å². The van der Waals surface area contributed by atoms with Gasteiger partial charge < -0.3 is 14.4 Å². The molecule has 3 heteroatoms. The summed E-state index contributed by atoms with van der Waals surface area (Å²) in [6.45, 7) is 3.28. The molecule has 1 aliphatic heterocycles. The molecule has 3 rings (SSSR count). The fourth-order valence-electron chi connectivity index (χ4n) is 2.56. The third-order valence-electron chi connectivity index (χ3n) is 3.81. The third-order valence-corrected chi connectivity index (χ3v) is 3.81. The van der Waals surface area contributed by atoms with E-state index in [1.807, 2.05) is 6.07 Å². The van der Waals surface area contributed by atoms with Crippen LogP contribution in [0.5, 0.6) is 5.75 Å². The van der Waals surface area contributed by atoms with Gasteiger partial charge >= 0.3 is 0 Å². The molecule has 2 heterocycles. The highest BCUT2D eigenvalue weighted by atomic mass is 16.3. The summed E-state index contributed by atoms with van der Waals surface area (Å²) in [5, 5.41) is 10.6. The van der Waals surface area contributed by atoms with Gasteiger partial charge in [0.05, 0.1) is 0 Å². The Kier molecular flexibility index (Phi) is 2.37. The number of hydrogen-bond donors (Lipinski definition) is 1. The van der Waals surface area contributed by atoms with Gasteiger partial charge in [0.25, 0.3) is 0 Å². The minimum absolute atomic E-state index is 0.270. The lowest BCUT2D eigenvalue weighted by molar-refractivity contribution is 0.262. The van der Waals surface area contributed by atoms with Crippen molar-refractivity contribution in [3.8, 4) is 5.75 Å². The lowest BCUT2D eigenvalue weighted by Gasteiger charge is -2.20. The first kappa shape index (κ1) is 10.7. The lowest BCUT2D eigenvalue weighted by Crippen LogP contribution is -2.30. The second kappa shape index (κ2) is 3.77. The number of benzene rings is 1. The van der Waals surface area contributed by atoms with Crippen molar-refractivity contribution < 1.29 is 9.52 Å². The highest BCUT2D eigenvalue weighted by Gasteiger charge is 2.22. The van der Waals surface area contributed by atoms with Crippen molar-refractivity contribution in [1.29, 1.82) is 0 Å². The van der Waals surface area contributed by atoms with E-state index in [-0.39, 0.29) is 5.75 Å². The number of likely N-dealkylation sites (N-methyl/N-ethyl adjacent to an activating group) is 1. The van der Waals surface area contributed by atoms with E-state index in [1.165, 1.54) is 5.56 Å². The summed E-state index contributed by atoms with van der Waals surface area (Å²) >= 11 is 0. The largest absolute Gasteiger partial charge is 0.508 e. The molecule has 1 aromatic carbocycles. The lowest BCUT2D eigenvalue weighted by atomic mass is 10.1. The van der Waals surface area contributed by atoms with Crippen molar-refractivity contribution >= 4 is 11.0 Å². The van der Waals surface area contributed by atoms with E-state index in [2.05, 4.69) is 18.9 Å². The van der Waals surface area contributed by atoms with Gasteiger partial charge in [0.2, 0.25) is 0 Å². The maximum atomic E-state index is 9.47. The predicted molar refractivity (Wildman–Crippen MR) is 67.4 cm³/mol. The van der Waals surface area contributed by atoms with Crippen LogP contribution in [0.3, 0.4) is 0 Å². The molecule has 0 saturated carbocycles. The zero-order valence-corrected chi connectivity index (χ0v) is 10.2. The van der Waals surface area contributed by atoms with Crippen molar-refractivity contribution in [3.63, 3.8) is 0 Å². The van der Waals surface area contributed by atoms with Crippen LogP contribution in [0.4, 0.5) is 0 Å². The zero-order chi connectivity index (χ0) is 12.0. The number of rotatable bonds is 0. The van der Waals surface area contributed by atoms with Crippen LogP contribution >= 0.6 is 0 Å². The van der Waals surface area contributed by atoms with E-state index in [0.717, 1.165) is 36.1 Å². The minimum Gasteiger partial charge on any atom is -0.508 e. The molecule has 1 N–H and O–H groups in total. The van der Waals surface area contributed by atoms with Crippen LogP contribution in [0.1, 0.15) is 18.2 Å². The molecule has 1 atom stereocenters. The molecular weight excluding hydrogens is 214 g/mol. The van der Waals surface area contributed by atoms with E-state index in [0.29, 0.717) is 6.04 Å². The Morgan fingerprint density at radius 2 is 2.24 bits per heavy atom. The van der Waals surface area contributed by atoms with Crippen LogP contribution in [0.25, 0.3) is 11.0 Å². The summed E-state index contributed by atoms with van der Waals surface area (Å²) in [6.07, 6.45) is 1.97. The zero-order valence-electron chi connectivity index (χ0n) is 10.2. The first-order chi connectivity index (χ1) is 8.15. The number of fused-ring (bicyclic) bond motifs is 3. The van der Waals surface area contributed by atoms with Crippen LogP contribution in [-0.2, 0) is 12.8 Å². The molecule has 17 heavy (non-hydrogen) atoms. The van der Waals surface area contributed by atoms with Gasteiger partial charge in [-0.3, -0.25) is 0 Å². The molecule has 0 aliphatic carbocycles. The summed E-state index contributed by atoms with van der Waals surface area (Å²) in [7, 11) is 2.16. The van der Waals surface area contributed by atoms with E-state index in [9.17, 15) is 5.11 Å². The average molecular weight is 231 g/mol. The normalized spacial score (nSPS) is 21.4. The summed E-state index contributed by atoms with van der Waals surface area (Å²) in [4.78, 5) is 2.36. The average Bonchev–Trinajstić information content (AvgIpc) is 2.55. The SMILES string of the molecule is CC1Cc2oc3cc(O)ccc3c2CCN1C. The summed E-state index contributed by atoms with van der Waals surface area (Å²) in [5.74, 6) is 1.36. The number of aromatic hydroxyl groups is 1. The number of phenolic OH excluding ortho intramolecular Hbond substituents is 1. The molecule has 0 bridgehead atoms. The van der Waals surface area contributed by atoms with E-state index in [1.54, 1.807) is 12.1 Å². The highest BCUT2D eigenvalue weighted by Crippen LogP contribution is 2.31. The molecule has 1 unspecified atom stereocenters. The Hall–Kier alpha value is -1.48. The topological polar surface area (TPSA) is 36.6 Å². The van der Waals surface area contributed by atoms with Crippen LogP contribution < -0.4 is 0 Å². The third kappa shape index (κ3) is 1.71. The fraction of sp³-hybridized carbons (Fsp3) is 0.429. The summed E-state index contributed by atoms with van der Waals surface area (Å²) < 4.78 is 5.88. The second-order valence-corrected chi connectivity index (χ2v) is 4.97. The Morgan fingerprint density at radius 1 is 1.41 bits per heavy atom. The predicted octanol–water partition coefficient (Wildman–Crippen LogP) is 2.56. The molecule has 90 valence electrons. The first-order valence-corrected chi connectivity index (χ1v) is 6.08. The Morgan fingerprint density at radius 3 is 3.06 bits per heavy atom. The number of furan rings is 1. The Balaban J connectivity index is 2.14. The van der Waals surface area contributed by atoms with Crippen LogP contribution in [0.15, 0.2) is 22.6 Å². The Bertz CT molecular complexity index is 559. The van der Waals surface area contributed by atoms with E-state index >= 15 is 0 Å². The molecule has 0 saturated heterocycles. The monoisotopic (exact) mass is 231 g/mol. The Labute approximate surface area is 101 Å². The van der Waals surface area contributed by atoms with E-state index < -0.39 is 0 Å². The highest BCUT2D eigenvalue weighted by molar-refractivity contribution is 5.83. The first-order valence-electron chi connectivity index (χ1n) is 6.08. The molecule has 1 aromatic heterocycles. The van der Waals surface area contributed by atoms with Gasteiger partial charge in [-0.2, -0.15) is 0 Å². The van der Waals surface area contributed by atoms with Crippen LogP contribution in [-0.4, -0.2) is 29.6 Å². The fourth-order valence-corrected chi connectivity index (χ4v) is 2.56. The van der Waals surface area contributed by atoms with Crippen molar-refractivity contribution in [1.82, 2.24) is 4.90 Å². The molecule has 0 amide bonds. The van der Waals surface area contributed by atoms with Gasteiger partial charge in [0.1, 0.15) is 17.1 Å². The molecule has 0 fully saturated rings. The van der Waals surface area contributed by atoms with Crippen molar-refractivity contribution in [2.45, 2.75) is 25.8 Å². The minimum atomic E-state index is 0.270. The number of nitrogens with zero attached hydrogens (tertiary/aromatic N) is 1. The molecule has 2 aromatic rings. The molecule has 0 spiro atoms. The second-order valence-electron chi connectivity index (χ2n) is 4.97. The number of phenols is 1. The van der Waals surface area contributed by atoms with Crippen molar-refractivity contribution in [3.05, 3.63) is 29.5 Å². The van der Waals surface area contributed by atoms with Gasteiger partial charge in [-0.15, -0.1) is 0 Å². The molecule has 0 radical (unpaired) electrons. The van der Waals surface area contributed by atoms with E-state index in [4.69, 9.17) is 4.42 Å². The van der Waals surface area contributed by atoms with Crippen molar-refractivity contribution in [2.24, 2.45) is 0 Å². The summed E-state index contributed by atoms with van der Waals surface area (Å²) in [5.41, 5.74) is 2.13. The quantitative estimate of drug-likeness (QED) is 0.757. The van der Waals surface area contributed by atoms with Gasteiger partial charge in [0, 0.05) is 36.0 Å². The maximum Gasteiger partial charge on any atom is 0.138 e. The van der Waals surface area contributed by atoms with Crippen LogP contribution in [0.2, 0.25) is 0 Å². The number of hydrogen-bond acceptors (Lipinski definition) is 3. The van der Waals surface area contributed by atoms with Gasteiger partial charge in [-0.25, -0.2) is 0 Å². The van der Waals surface area contributed by atoms with Crippen LogP contribution in [0, 0.1) is 0 Å². The molecular formula is C14H17NO2. The molecule has 3 nitrogen and oxygen atoms in total. The maximum absolute atomic E-state index is 9.47. The summed E-state index contributed by atoms with van der Waals surface area (Å²) in [6, 6.07) is 5.91.